The van der Waals surface area contributed by atoms with Gasteiger partial charge in [-0.25, -0.2) is 0 Å². The molecule has 2 rings (SSSR count). The summed E-state index contributed by atoms with van der Waals surface area (Å²) >= 11 is 0. The van der Waals surface area contributed by atoms with Crippen LogP contribution in [0.1, 0.15) is 5.89 Å². The topological polar surface area (TPSA) is 68.2 Å². The Balaban J connectivity index is 2.06. The Morgan fingerprint density at radius 2 is 2.06 bits per heavy atom. The third-order valence-electron chi connectivity index (χ3n) is 2.42. The summed E-state index contributed by atoms with van der Waals surface area (Å²) in [6, 6.07) is 9.77. The van der Waals surface area contributed by atoms with Crippen LogP contribution in [-0.2, 0) is 6.54 Å². The van der Waals surface area contributed by atoms with Crippen molar-refractivity contribution in [2.75, 3.05) is 20.1 Å². The van der Waals surface area contributed by atoms with E-state index in [1.807, 2.05) is 42.3 Å². The van der Waals surface area contributed by atoms with Crippen molar-refractivity contribution in [1.82, 2.24) is 15.0 Å². The molecule has 0 saturated carbocycles. The zero-order valence-corrected chi connectivity index (χ0v) is 9.84. The Kier molecular flexibility index (Phi) is 3.85. The van der Waals surface area contributed by atoms with Gasteiger partial charge in [0.1, 0.15) is 0 Å². The average Bonchev–Trinajstić information content (AvgIpc) is 2.79. The van der Waals surface area contributed by atoms with E-state index in [4.69, 9.17) is 10.3 Å². The molecule has 90 valence electrons. The smallest absolute Gasteiger partial charge is 0.241 e. The second-order valence-electron chi connectivity index (χ2n) is 3.90. The minimum atomic E-state index is 0.611. The van der Waals surface area contributed by atoms with Gasteiger partial charge in [0.2, 0.25) is 11.7 Å². The number of nitrogens with two attached hydrogens (primary N) is 1. The molecule has 1 heterocycles. The van der Waals surface area contributed by atoms with Gasteiger partial charge in [-0.2, -0.15) is 4.98 Å². The first-order valence-corrected chi connectivity index (χ1v) is 5.56. The quantitative estimate of drug-likeness (QED) is 0.836. The van der Waals surface area contributed by atoms with Crippen LogP contribution in [-0.4, -0.2) is 35.2 Å². The van der Waals surface area contributed by atoms with E-state index < -0.39 is 0 Å². The summed E-state index contributed by atoms with van der Waals surface area (Å²) in [5, 5.41) is 3.96. The van der Waals surface area contributed by atoms with Gasteiger partial charge in [-0.1, -0.05) is 35.5 Å². The summed E-state index contributed by atoms with van der Waals surface area (Å²) in [7, 11) is 1.97. The highest BCUT2D eigenvalue weighted by Crippen LogP contribution is 2.15. The largest absolute Gasteiger partial charge is 0.338 e. The van der Waals surface area contributed by atoms with Gasteiger partial charge in [-0.05, 0) is 7.05 Å². The molecule has 2 N–H and O–H groups in total. The first-order chi connectivity index (χ1) is 8.29. The van der Waals surface area contributed by atoms with Gasteiger partial charge in [0.15, 0.2) is 0 Å². The Morgan fingerprint density at radius 3 is 2.76 bits per heavy atom. The Hall–Kier alpha value is -1.72. The van der Waals surface area contributed by atoms with Crippen molar-refractivity contribution >= 4 is 0 Å². The molecule has 0 unspecified atom stereocenters. The number of aromatic nitrogens is 2. The molecule has 17 heavy (non-hydrogen) atoms. The molecule has 2 aromatic rings. The second-order valence-corrected chi connectivity index (χ2v) is 3.90. The van der Waals surface area contributed by atoms with Crippen molar-refractivity contribution in [2.45, 2.75) is 6.54 Å². The standard InChI is InChI=1S/C12H16N4O/c1-16(8-7-13)9-11-14-12(15-17-11)10-5-3-2-4-6-10/h2-6H,7-9,13H2,1H3. The lowest BCUT2D eigenvalue weighted by atomic mass is 10.2. The predicted molar refractivity (Wildman–Crippen MR) is 65.1 cm³/mol. The lowest BCUT2D eigenvalue weighted by Crippen LogP contribution is -2.25. The molecule has 0 radical (unpaired) electrons. The molecule has 0 aliphatic rings. The van der Waals surface area contributed by atoms with E-state index in [1.165, 1.54) is 0 Å². The van der Waals surface area contributed by atoms with Gasteiger partial charge in [0, 0.05) is 18.7 Å². The maximum atomic E-state index is 5.47. The van der Waals surface area contributed by atoms with Crippen molar-refractivity contribution in [2.24, 2.45) is 5.73 Å². The Morgan fingerprint density at radius 1 is 1.29 bits per heavy atom. The number of benzene rings is 1. The van der Waals surface area contributed by atoms with E-state index in [0.29, 0.717) is 24.8 Å². The van der Waals surface area contributed by atoms with Crippen LogP contribution in [0, 0.1) is 0 Å². The fourth-order valence-corrected chi connectivity index (χ4v) is 1.55. The maximum absolute atomic E-state index is 5.47. The number of nitrogens with zero attached hydrogens (tertiary/aromatic N) is 3. The molecule has 0 bridgehead atoms. The summed E-state index contributed by atoms with van der Waals surface area (Å²) < 4.78 is 5.19. The average molecular weight is 232 g/mol. The van der Waals surface area contributed by atoms with Gasteiger partial charge in [0.05, 0.1) is 6.54 Å². The van der Waals surface area contributed by atoms with Crippen molar-refractivity contribution in [3.8, 4) is 11.4 Å². The monoisotopic (exact) mass is 232 g/mol. The van der Waals surface area contributed by atoms with E-state index in [9.17, 15) is 0 Å². The summed E-state index contributed by atoms with van der Waals surface area (Å²) in [5.41, 5.74) is 6.43. The molecule has 0 spiro atoms. The zero-order valence-electron chi connectivity index (χ0n) is 9.84. The van der Waals surface area contributed by atoms with Gasteiger partial charge in [-0.15, -0.1) is 0 Å². The van der Waals surface area contributed by atoms with E-state index in [1.54, 1.807) is 0 Å². The summed E-state index contributed by atoms with van der Waals surface area (Å²) in [6.45, 7) is 2.05. The first kappa shape index (κ1) is 11.8. The van der Waals surface area contributed by atoms with Gasteiger partial charge in [-0.3, -0.25) is 4.90 Å². The minimum Gasteiger partial charge on any atom is -0.338 e. The molecule has 1 aromatic heterocycles. The minimum absolute atomic E-state index is 0.611. The van der Waals surface area contributed by atoms with Crippen molar-refractivity contribution in [1.29, 1.82) is 0 Å². The number of rotatable bonds is 5. The van der Waals surface area contributed by atoms with E-state index in [-0.39, 0.29) is 0 Å². The van der Waals surface area contributed by atoms with Crippen molar-refractivity contribution < 1.29 is 4.52 Å². The number of hydrogen-bond donors (Lipinski definition) is 1. The molecule has 0 amide bonds. The van der Waals surface area contributed by atoms with Crippen LogP contribution in [0.5, 0.6) is 0 Å². The van der Waals surface area contributed by atoms with Gasteiger partial charge < -0.3 is 10.3 Å². The third kappa shape index (κ3) is 3.12. The second kappa shape index (κ2) is 5.56. The predicted octanol–water partition coefficient (Wildman–Crippen LogP) is 1.13. The van der Waals surface area contributed by atoms with Crippen LogP contribution in [0.4, 0.5) is 0 Å². The van der Waals surface area contributed by atoms with Crippen molar-refractivity contribution in [3.05, 3.63) is 36.2 Å². The van der Waals surface area contributed by atoms with Crippen molar-refractivity contribution in [3.63, 3.8) is 0 Å². The van der Waals surface area contributed by atoms with Crippen LogP contribution in [0.15, 0.2) is 34.9 Å². The lowest BCUT2D eigenvalue weighted by Gasteiger charge is -2.11. The highest BCUT2D eigenvalue weighted by molar-refractivity contribution is 5.53. The van der Waals surface area contributed by atoms with E-state index in [2.05, 4.69) is 10.1 Å². The summed E-state index contributed by atoms with van der Waals surface area (Å²) in [6.07, 6.45) is 0. The molecule has 0 aliphatic carbocycles. The van der Waals surface area contributed by atoms with Crippen LogP contribution in [0.3, 0.4) is 0 Å². The van der Waals surface area contributed by atoms with Gasteiger partial charge >= 0.3 is 0 Å². The molecule has 0 saturated heterocycles. The maximum Gasteiger partial charge on any atom is 0.241 e. The fourth-order valence-electron chi connectivity index (χ4n) is 1.55. The molecule has 0 fully saturated rings. The highest BCUT2D eigenvalue weighted by atomic mass is 16.5. The van der Waals surface area contributed by atoms with Crippen LogP contribution in [0.2, 0.25) is 0 Å². The lowest BCUT2D eigenvalue weighted by molar-refractivity contribution is 0.272. The fraction of sp³-hybridized carbons (Fsp3) is 0.333. The molecule has 5 nitrogen and oxygen atoms in total. The normalized spacial score (nSPS) is 11.0. The molecular formula is C12H16N4O. The molecule has 0 atom stereocenters. The Bertz CT molecular complexity index is 455. The first-order valence-electron chi connectivity index (χ1n) is 5.56. The zero-order chi connectivity index (χ0) is 12.1. The summed E-state index contributed by atoms with van der Waals surface area (Å²) in [5.74, 6) is 1.24. The highest BCUT2D eigenvalue weighted by Gasteiger charge is 2.09. The van der Waals surface area contributed by atoms with Gasteiger partial charge in [0.25, 0.3) is 0 Å². The number of hydrogen-bond acceptors (Lipinski definition) is 5. The van der Waals surface area contributed by atoms with E-state index in [0.717, 1.165) is 12.1 Å². The molecule has 5 heteroatoms. The molecule has 1 aromatic carbocycles. The van der Waals surface area contributed by atoms with Crippen LogP contribution in [0.25, 0.3) is 11.4 Å². The van der Waals surface area contributed by atoms with Crippen LogP contribution < -0.4 is 5.73 Å². The molecule has 0 aliphatic heterocycles. The number of likely N-dealkylation sites (N-methyl/N-ethyl adjacent to an activating group) is 1. The summed E-state index contributed by atoms with van der Waals surface area (Å²) in [4.78, 5) is 6.39. The Labute approximate surface area is 100 Å². The SMILES string of the molecule is CN(CCN)Cc1nc(-c2ccccc2)no1. The molecular weight excluding hydrogens is 216 g/mol. The third-order valence-corrected chi connectivity index (χ3v) is 2.42. The van der Waals surface area contributed by atoms with Crippen LogP contribution >= 0.6 is 0 Å². The van der Waals surface area contributed by atoms with E-state index >= 15 is 0 Å².